The van der Waals surface area contributed by atoms with Crippen LogP contribution in [0, 0.1) is 5.41 Å². The Morgan fingerprint density at radius 3 is 2.14 bits per heavy atom. The van der Waals surface area contributed by atoms with Crippen LogP contribution >= 0.6 is 0 Å². The van der Waals surface area contributed by atoms with Gasteiger partial charge in [-0.3, -0.25) is 0 Å². The third-order valence-corrected chi connectivity index (χ3v) is 2.40. The van der Waals surface area contributed by atoms with Crippen LogP contribution in [0.25, 0.3) is 0 Å². The Balaban J connectivity index is 2.96. The molecule has 0 unspecified atom stereocenters. The quantitative estimate of drug-likeness (QED) is 0.648. The van der Waals surface area contributed by atoms with Crippen molar-refractivity contribution in [2.75, 3.05) is 0 Å². The zero-order valence-corrected chi connectivity index (χ0v) is 10.1. The van der Waals surface area contributed by atoms with E-state index >= 15 is 0 Å². The summed E-state index contributed by atoms with van der Waals surface area (Å²) < 4.78 is 0. The highest BCUT2D eigenvalue weighted by Gasteiger charge is 2.14. The van der Waals surface area contributed by atoms with E-state index < -0.39 is 0 Å². The molecule has 0 bridgehead atoms. The first-order chi connectivity index (χ1) is 6.40. The maximum atomic E-state index is 2.30. The largest absolute Gasteiger partial charge is 0.0620 e. The van der Waals surface area contributed by atoms with Crippen molar-refractivity contribution >= 4 is 0 Å². The van der Waals surface area contributed by atoms with Gasteiger partial charge in [0.25, 0.3) is 0 Å². The average molecular weight is 190 g/mol. The van der Waals surface area contributed by atoms with Gasteiger partial charge in [0, 0.05) is 0 Å². The van der Waals surface area contributed by atoms with Crippen LogP contribution in [0.2, 0.25) is 0 Å². The van der Waals surface area contributed by atoms with E-state index in [-0.39, 0.29) is 0 Å². The topological polar surface area (TPSA) is 0 Å². The van der Waals surface area contributed by atoms with Crippen LogP contribution in [0.1, 0.15) is 51.7 Å². The van der Waals surface area contributed by atoms with Crippen LogP contribution in [-0.4, -0.2) is 0 Å². The van der Waals surface area contributed by atoms with Crippen LogP contribution in [0.3, 0.4) is 0 Å². The molecule has 0 heteroatoms. The summed E-state index contributed by atoms with van der Waals surface area (Å²) in [6.07, 6.45) is 1.17. The van der Waals surface area contributed by atoms with Gasteiger partial charge in [0.15, 0.2) is 0 Å². The minimum atomic E-state index is 0.380. The summed E-state index contributed by atoms with van der Waals surface area (Å²) in [6.45, 7) is 11.4. The van der Waals surface area contributed by atoms with Gasteiger partial charge in [-0.2, -0.15) is 0 Å². The van der Waals surface area contributed by atoms with Gasteiger partial charge in [0.2, 0.25) is 0 Å². The molecule has 0 aromatic heterocycles. The molecule has 0 heterocycles. The maximum Gasteiger partial charge on any atom is -0.0216 e. The minimum absolute atomic E-state index is 0.380. The second kappa shape index (κ2) is 4.16. The minimum Gasteiger partial charge on any atom is -0.0620 e. The maximum absolute atomic E-state index is 2.30. The molecule has 0 atom stereocenters. The van der Waals surface area contributed by atoms with Gasteiger partial charge in [-0.1, -0.05) is 58.9 Å². The fourth-order valence-electron chi connectivity index (χ4n) is 1.83. The van der Waals surface area contributed by atoms with E-state index in [1.807, 2.05) is 0 Å². The summed E-state index contributed by atoms with van der Waals surface area (Å²) in [5.74, 6) is 0.633. The molecule has 0 aliphatic carbocycles. The molecule has 0 saturated carbocycles. The zero-order chi connectivity index (χ0) is 10.8. The smallest absolute Gasteiger partial charge is 0.0216 e. The van der Waals surface area contributed by atoms with Gasteiger partial charge in [0.05, 0.1) is 0 Å². The summed E-state index contributed by atoms with van der Waals surface area (Å²) in [7, 11) is 0. The van der Waals surface area contributed by atoms with Crippen LogP contribution in [-0.2, 0) is 6.42 Å². The monoisotopic (exact) mass is 190 g/mol. The van der Waals surface area contributed by atoms with E-state index in [1.54, 1.807) is 0 Å². The molecule has 0 saturated heterocycles. The fraction of sp³-hybridized carbons (Fsp3) is 0.571. The Morgan fingerprint density at radius 2 is 1.64 bits per heavy atom. The molecule has 0 fully saturated rings. The molecule has 14 heavy (non-hydrogen) atoms. The third-order valence-electron chi connectivity index (χ3n) is 2.40. The van der Waals surface area contributed by atoms with Gasteiger partial charge in [-0.05, 0) is 28.9 Å². The average Bonchev–Trinajstić information content (AvgIpc) is 2.01. The molecule has 0 amide bonds. The SMILES string of the molecule is CC(C)c1ccccc1CC(C)(C)C. The van der Waals surface area contributed by atoms with E-state index in [2.05, 4.69) is 58.9 Å². The summed E-state index contributed by atoms with van der Waals surface area (Å²) in [4.78, 5) is 0. The molecular formula is C14H22. The first-order valence-electron chi connectivity index (χ1n) is 5.48. The molecule has 0 aliphatic rings. The molecule has 0 nitrogen and oxygen atoms in total. The molecule has 0 N–H and O–H groups in total. The van der Waals surface area contributed by atoms with Crippen molar-refractivity contribution in [3.8, 4) is 0 Å². The highest BCUT2D eigenvalue weighted by molar-refractivity contribution is 5.30. The Hall–Kier alpha value is -0.780. The number of hydrogen-bond acceptors (Lipinski definition) is 0. The summed E-state index contributed by atoms with van der Waals surface area (Å²) in [5, 5.41) is 0. The van der Waals surface area contributed by atoms with Gasteiger partial charge >= 0.3 is 0 Å². The van der Waals surface area contributed by atoms with Gasteiger partial charge in [0.1, 0.15) is 0 Å². The first-order valence-corrected chi connectivity index (χ1v) is 5.48. The summed E-state index contributed by atoms with van der Waals surface area (Å²) >= 11 is 0. The molecule has 0 aliphatic heterocycles. The van der Waals surface area contributed by atoms with E-state index in [1.165, 1.54) is 17.5 Å². The normalized spacial score (nSPS) is 12.1. The Kier molecular flexibility index (Phi) is 3.36. The number of benzene rings is 1. The summed E-state index contributed by atoms with van der Waals surface area (Å²) in [6, 6.07) is 8.81. The first kappa shape index (κ1) is 11.3. The van der Waals surface area contributed by atoms with Gasteiger partial charge in [-0.25, -0.2) is 0 Å². The third kappa shape index (κ3) is 3.17. The summed E-state index contributed by atoms with van der Waals surface area (Å²) in [5.41, 5.74) is 3.39. The van der Waals surface area contributed by atoms with Crippen molar-refractivity contribution in [1.29, 1.82) is 0 Å². The molecule has 1 aromatic carbocycles. The molecule has 0 spiro atoms. The lowest BCUT2D eigenvalue weighted by Crippen LogP contribution is -2.11. The van der Waals surface area contributed by atoms with Crippen molar-refractivity contribution in [2.45, 2.75) is 47.0 Å². The van der Waals surface area contributed by atoms with Crippen LogP contribution in [0.5, 0.6) is 0 Å². The van der Waals surface area contributed by atoms with Crippen molar-refractivity contribution in [3.63, 3.8) is 0 Å². The van der Waals surface area contributed by atoms with Crippen LogP contribution in [0.15, 0.2) is 24.3 Å². The van der Waals surface area contributed by atoms with Crippen LogP contribution in [0.4, 0.5) is 0 Å². The molecule has 0 radical (unpaired) electrons. The lowest BCUT2D eigenvalue weighted by atomic mass is 9.84. The predicted molar refractivity (Wildman–Crippen MR) is 63.7 cm³/mol. The van der Waals surface area contributed by atoms with E-state index in [0.29, 0.717) is 11.3 Å². The van der Waals surface area contributed by atoms with Crippen LogP contribution < -0.4 is 0 Å². The molecule has 1 rings (SSSR count). The van der Waals surface area contributed by atoms with Crippen molar-refractivity contribution < 1.29 is 0 Å². The van der Waals surface area contributed by atoms with Gasteiger partial charge < -0.3 is 0 Å². The number of hydrogen-bond donors (Lipinski definition) is 0. The Labute approximate surface area is 88.4 Å². The van der Waals surface area contributed by atoms with Crippen molar-refractivity contribution in [3.05, 3.63) is 35.4 Å². The molecular weight excluding hydrogens is 168 g/mol. The molecule has 1 aromatic rings. The lowest BCUT2D eigenvalue weighted by Gasteiger charge is -2.21. The highest BCUT2D eigenvalue weighted by Crippen LogP contribution is 2.26. The van der Waals surface area contributed by atoms with Crippen molar-refractivity contribution in [1.82, 2.24) is 0 Å². The standard InChI is InChI=1S/C14H22/c1-11(2)13-9-7-6-8-12(13)10-14(3,4)5/h6-9,11H,10H2,1-5H3. The zero-order valence-electron chi connectivity index (χ0n) is 10.1. The highest BCUT2D eigenvalue weighted by atomic mass is 14.2. The number of rotatable bonds is 2. The molecule has 78 valence electrons. The van der Waals surface area contributed by atoms with E-state index in [4.69, 9.17) is 0 Å². The fourth-order valence-corrected chi connectivity index (χ4v) is 1.83. The van der Waals surface area contributed by atoms with Gasteiger partial charge in [-0.15, -0.1) is 0 Å². The lowest BCUT2D eigenvalue weighted by molar-refractivity contribution is 0.409. The van der Waals surface area contributed by atoms with E-state index in [0.717, 1.165) is 0 Å². The van der Waals surface area contributed by atoms with E-state index in [9.17, 15) is 0 Å². The Morgan fingerprint density at radius 1 is 1.07 bits per heavy atom. The predicted octanol–water partition coefficient (Wildman–Crippen LogP) is 4.40. The second-order valence-corrected chi connectivity index (χ2v) is 5.59. The Bertz CT molecular complexity index is 289. The second-order valence-electron chi connectivity index (χ2n) is 5.59. The van der Waals surface area contributed by atoms with Crippen molar-refractivity contribution in [2.24, 2.45) is 5.41 Å².